The lowest BCUT2D eigenvalue weighted by molar-refractivity contribution is -0.176. The third-order valence-corrected chi connectivity index (χ3v) is 5.39. The molecular weight excluding hydrogens is 276 g/mol. The molecule has 1 aromatic rings. The molecule has 1 aromatic carbocycles. The number of carbonyl (C=O) groups is 1. The molecule has 4 heteroatoms. The molecule has 0 aromatic heterocycles. The van der Waals surface area contributed by atoms with Gasteiger partial charge >= 0.3 is 0 Å². The van der Waals surface area contributed by atoms with Crippen LogP contribution < -0.4 is 11.1 Å². The van der Waals surface area contributed by atoms with Gasteiger partial charge in [-0.1, -0.05) is 36.8 Å². The van der Waals surface area contributed by atoms with E-state index in [-0.39, 0.29) is 17.4 Å². The molecule has 3 atom stereocenters. The summed E-state index contributed by atoms with van der Waals surface area (Å²) in [4.78, 5) is 12.4. The first-order valence-corrected chi connectivity index (χ1v) is 8.37. The SMILES string of the molecule is CCOC1CC(NC(=O)[C@@H](N)Cc2ccccc2)C12CCC2. The van der Waals surface area contributed by atoms with Crippen molar-refractivity contribution in [2.45, 2.75) is 57.2 Å². The Morgan fingerprint density at radius 3 is 2.73 bits per heavy atom. The largest absolute Gasteiger partial charge is 0.378 e. The predicted molar refractivity (Wildman–Crippen MR) is 86.4 cm³/mol. The molecule has 120 valence electrons. The molecule has 0 bridgehead atoms. The number of nitrogens with two attached hydrogens (primary N) is 1. The van der Waals surface area contributed by atoms with Gasteiger partial charge in [0.1, 0.15) is 0 Å². The zero-order valence-electron chi connectivity index (χ0n) is 13.3. The zero-order valence-corrected chi connectivity index (χ0v) is 13.3. The van der Waals surface area contributed by atoms with E-state index in [1.54, 1.807) is 0 Å². The van der Waals surface area contributed by atoms with Crippen LogP contribution in [0.5, 0.6) is 0 Å². The summed E-state index contributed by atoms with van der Waals surface area (Å²) < 4.78 is 5.82. The van der Waals surface area contributed by atoms with E-state index in [9.17, 15) is 4.79 Å². The number of hydrogen-bond donors (Lipinski definition) is 2. The fraction of sp³-hybridized carbons (Fsp3) is 0.611. The number of nitrogens with one attached hydrogen (secondary N) is 1. The Morgan fingerprint density at radius 1 is 1.41 bits per heavy atom. The number of rotatable bonds is 6. The van der Waals surface area contributed by atoms with Crippen molar-refractivity contribution in [2.75, 3.05) is 6.61 Å². The highest BCUT2D eigenvalue weighted by atomic mass is 16.5. The lowest BCUT2D eigenvalue weighted by atomic mass is 9.51. The van der Waals surface area contributed by atoms with Gasteiger partial charge < -0.3 is 15.8 Å². The lowest BCUT2D eigenvalue weighted by Gasteiger charge is -2.61. The Kier molecular flexibility index (Phi) is 4.50. The highest BCUT2D eigenvalue weighted by Crippen LogP contribution is 2.57. The van der Waals surface area contributed by atoms with Crippen LogP contribution >= 0.6 is 0 Å². The Hall–Kier alpha value is -1.39. The van der Waals surface area contributed by atoms with Gasteiger partial charge in [-0.15, -0.1) is 0 Å². The Morgan fingerprint density at radius 2 is 2.14 bits per heavy atom. The normalized spacial score (nSPS) is 26.8. The molecule has 2 aliphatic carbocycles. The average Bonchev–Trinajstić information content (AvgIpc) is 2.45. The molecule has 1 spiro atoms. The Bertz CT molecular complexity index is 513. The standard InChI is InChI=1S/C18H26N2O2/c1-2-22-16-12-15(18(16)9-6-10-18)20-17(21)14(19)11-13-7-4-3-5-8-13/h3-5,7-8,14-16H,2,6,9-12,19H2,1H3,(H,20,21)/t14-,15?,16?/m0/s1. The van der Waals surface area contributed by atoms with Crippen molar-refractivity contribution in [1.29, 1.82) is 0 Å². The number of benzene rings is 1. The molecule has 0 radical (unpaired) electrons. The molecule has 2 aliphatic rings. The van der Waals surface area contributed by atoms with Crippen molar-refractivity contribution in [3.63, 3.8) is 0 Å². The van der Waals surface area contributed by atoms with E-state index in [1.807, 2.05) is 37.3 Å². The van der Waals surface area contributed by atoms with Gasteiger partial charge in [-0.2, -0.15) is 0 Å². The van der Waals surface area contributed by atoms with Gasteiger partial charge in [-0.3, -0.25) is 4.79 Å². The van der Waals surface area contributed by atoms with Crippen molar-refractivity contribution in [1.82, 2.24) is 5.32 Å². The smallest absolute Gasteiger partial charge is 0.237 e. The van der Waals surface area contributed by atoms with Crippen molar-refractivity contribution in [2.24, 2.45) is 11.1 Å². The van der Waals surface area contributed by atoms with E-state index in [2.05, 4.69) is 5.32 Å². The summed E-state index contributed by atoms with van der Waals surface area (Å²) >= 11 is 0. The Balaban J connectivity index is 1.54. The van der Waals surface area contributed by atoms with E-state index in [1.165, 1.54) is 6.42 Å². The zero-order chi connectivity index (χ0) is 15.6. The maximum atomic E-state index is 12.4. The monoisotopic (exact) mass is 302 g/mol. The molecule has 1 amide bonds. The lowest BCUT2D eigenvalue weighted by Crippen LogP contribution is -2.68. The molecule has 22 heavy (non-hydrogen) atoms. The summed E-state index contributed by atoms with van der Waals surface area (Å²) in [7, 11) is 0. The number of hydrogen-bond acceptors (Lipinski definition) is 3. The number of amides is 1. The summed E-state index contributed by atoms with van der Waals surface area (Å²) in [6.07, 6.45) is 5.40. The van der Waals surface area contributed by atoms with Gasteiger partial charge in [0, 0.05) is 18.1 Å². The van der Waals surface area contributed by atoms with Crippen LogP contribution in [0.2, 0.25) is 0 Å². The van der Waals surface area contributed by atoms with Gasteiger partial charge in [0.15, 0.2) is 0 Å². The van der Waals surface area contributed by atoms with Crippen LogP contribution in [0.1, 0.15) is 38.2 Å². The minimum absolute atomic E-state index is 0.0323. The van der Waals surface area contributed by atoms with Gasteiger partial charge in [-0.25, -0.2) is 0 Å². The van der Waals surface area contributed by atoms with Gasteiger partial charge in [0.2, 0.25) is 5.91 Å². The first-order chi connectivity index (χ1) is 10.7. The third-order valence-electron chi connectivity index (χ3n) is 5.39. The fourth-order valence-electron chi connectivity index (χ4n) is 3.88. The van der Waals surface area contributed by atoms with Gasteiger partial charge in [-0.05, 0) is 38.2 Å². The topological polar surface area (TPSA) is 64.3 Å². The molecule has 0 saturated heterocycles. The summed E-state index contributed by atoms with van der Waals surface area (Å²) in [5.74, 6) is -0.0323. The van der Waals surface area contributed by atoms with E-state index < -0.39 is 6.04 Å². The quantitative estimate of drug-likeness (QED) is 0.845. The van der Waals surface area contributed by atoms with Crippen LogP contribution in [-0.2, 0) is 16.0 Å². The fourth-order valence-corrected chi connectivity index (χ4v) is 3.88. The number of carbonyl (C=O) groups excluding carboxylic acids is 1. The molecule has 2 unspecified atom stereocenters. The second-order valence-corrected chi connectivity index (χ2v) is 6.62. The van der Waals surface area contributed by atoms with Crippen LogP contribution in [-0.4, -0.2) is 30.7 Å². The van der Waals surface area contributed by atoms with Crippen molar-refractivity contribution >= 4 is 5.91 Å². The first kappa shape index (κ1) is 15.5. The van der Waals surface area contributed by atoms with Crippen LogP contribution in [0.3, 0.4) is 0 Å². The summed E-state index contributed by atoms with van der Waals surface area (Å²) in [6.45, 7) is 2.79. The van der Waals surface area contributed by atoms with E-state index in [0.29, 0.717) is 12.5 Å². The molecular formula is C18H26N2O2. The van der Waals surface area contributed by atoms with E-state index >= 15 is 0 Å². The first-order valence-electron chi connectivity index (χ1n) is 8.37. The highest BCUT2D eigenvalue weighted by Gasteiger charge is 2.59. The number of ether oxygens (including phenoxy) is 1. The second-order valence-electron chi connectivity index (χ2n) is 6.62. The van der Waals surface area contributed by atoms with Gasteiger partial charge in [0.05, 0.1) is 12.1 Å². The van der Waals surface area contributed by atoms with Crippen molar-refractivity contribution in [3.05, 3.63) is 35.9 Å². The third kappa shape index (κ3) is 2.77. The van der Waals surface area contributed by atoms with Crippen molar-refractivity contribution < 1.29 is 9.53 Å². The molecule has 3 rings (SSSR count). The minimum atomic E-state index is -0.481. The summed E-state index contributed by atoms with van der Waals surface area (Å²) in [6, 6.07) is 9.70. The molecule has 2 fully saturated rings. The van der Waals surface area contributed by atoms with Crippen LogP contribution in [0.25, 0.3) is 0 Å². The second kappa shape index (κ2) is 6.39. The van der Waals surface area contributed by atoms with E-state index in [0.717, 1.165) is 31.4 Å². The summed E-state index contributed by atoms with van der Waals surface area (Å²) in [5.41, 5.74) is 7.37. The molecule has 4 nitrogen and oxygen atoms in total. The predicted octanol–water partition coefficient (Wildman–Crippen LogP) is 2.02. The molecule has 2 saturated carbocycles. The highest BCUT2D eigenvalue weighted by molar-refractivity contribution is 5.82. The maximum absolute atomic E-state index is 12.4. The van der Waals surface area contributed by atoms with Crippen LogP contribution in [0.4, 0.5) is 0 Å². The van der Waals surface area contributed by atoms with E-state index in [4.69, 9.17) is 10.5 Å². The van der Waals surface area contributed by atoms with Gasteiger partial charge in [0.25, 0.3) is 0 Å². The average molecular weight is 302 g/mol. The Labute approximate surface area is 132 Å². The molecule has 0 aliphatic heterocycles. The van der Waals surface area contributed by atoms with Crippen LogP contribution in [0, 0.1) is 5.41 Å². The summed E-state index contributed by atoms with van der Waals surface area (Å²) in [5, 5.41) is 3.17. The minimum Gasteiger partial charge on any atom is -0.378 e. The van der Waals surface area contributed by atoms with Crippen LogP contribution in [0.15, 0.2) is 30.3 Å². The molecule has 3 N–H and O–H groups in total. The maximum Gasteiger partial charge on any atom is 0.237 e. The molecule has 0 heterocycles. The van der Waals surface area contributed by atoms with Crippen molar-refractivity contribution in [3.8, 4) is 0 Å².